The van der Waals surface area contributed by atoms with Crippen LogP contribution in [0.2, 0.25) is 0 Å². The fourth-order valence-corrected chi connectivity index (χ4v) is 2.93. The van der Waals surface area contributed by atoms with Crippen LogP contribution < -0.4 is 5.32 Å². The van der Waals surface area contributed by atoms with Gasteiger partial charge >= 0.3 is 0 Å². The first-order valence-electron chi connectivity index (χ1n) is 7.26. The van der Waals surface area contributed by atoms with E-state index in [2.05, 4.69) is 26.7 Å². The number of hydrogen-bond donors (Lipinski definition) is 1. The molecule has 0 bridgehead atoms. The van der Waals surface area contributed by atoms with Crippen molar-refractivity contribution < 1.29 is 9.59 Å². The van der Waals surface area contributed by atoms with E-state index >= 15 is 0 Å². The second-order valence-electron chi connectivity index (χ2n) is 5.49. The first-order valence-corrected chi connectivity index (χ1v) is 7.26. The molecule has 1 fully saturated rings. The number of nitrogens with zero attached hydrogens (tertiary/aromatic N) is 4. The summed E-state index contributed by atoms with van der Waals surface area (Å²) in [6.07, 6.45) is 3.99. The molecule has 0 radical (unpaired) electrons. The van der Waals surface area contributed by atoms with Crippen molar-refractivity contribution in [1.29, 1.82) is 0 Å². The van der Waals surface area contributed by atoms with Gasteiger partial charge in [-0.1, -0.05) is 6.08 Å². The minimum absolute atomic E-state index is 0.0124. The third kappa shape index (κ3) is 2.68. The fraction of sp³-hybridized carbons (Fsp3) is 0.571. The van der Waals surface area contributed by atoms with E-state index in [1.165, 1.54) is 0 Å². The summed E-state index contributed by atoms with van der Waals surface area (Å²) in [5.74, 6) is 1.43. The number of amides is 2. The van der Waals surface area contributed by atoms with Crippen LogP contribution in [0.3, 0.4) is 0 Å². The predicted molar refractivity (Wildman–Crippen MR) is 75.1 cm³/mol. The van der Waals surface area contributed by atoms with E-state index in [-0.39, 0.29) is 24.2 Å². The molecule has 7 nitrogen and oxygen atoms in total. The predicted octanol–water partition coefficient (Wildman–Crippen LogP) is -0.125. The lowest BCUT2D eigenvalue weighted by Crippen LogP contribution is -2.33. The van der Waals surface area contributed by atoms with Gasteiger partial charge in [0.1, 0.15) is 5.82 Å². The summed E-state index contributed by atoms with van der Waals surface area (Å²) in [6, 6.07) is 0. The summed E-state index contributed by atoms with van der Waals surface area (Å²) in [5.41, 5.74) is 0. The molecule has 1 saturated heterocycles. The standard InChI is InChI=1S/C14H19N5O2/c1-2-5-18-9-10(7-13(18)20)14(21)15-8-12-17-16-11-4-3-6-19(11)12/h2,10H,1,3-9H2,(H,15,21)/t10-/m1/s1. The quantitative estimate of drug-likeness (QED) is 0.766. The summed E-state index contributed by atoms with van der Waals surface area (Å²) >= 11 is 0. The summed E-state index contributed by atoms with van der Waals surface area (Å²) in [4.78, 5) is 25.6. The molecule has 112 valence electrons. The molecule has 3 heterocycles. The highest BCUT2D eigenvalue weighted by atomic mass is 16.2. The van der Waals surface area contributed by atoms with Crippen LogP contribution in [0, 0.1) is 5.92 Å². The molecule has 1 aromatic rings. The maximum absolute atomic E-state index is 12.2. The molecule has 3 rings (SSSR count). The Labute approximate surface area is 123 Å². The monoisotopic (exact) mass is 289 g/mol. The van der Waals surface area contributed by atoms with Crippen molar-refractivity contribution in [3.63, 3.8) is 0 Å². The molecular weight excluding hydrogens is 270 g/mol. The van der Waals surface area contributed by atoms with E-state index in [0.29, 0.717) is 19.6 Å². The minimum atomic E-state index is -0.279. The van der Waals surface area contributed by atoms with Crippen molar-refractivity contribution in [2.45, 2.75) is 32.4 Å². The van der Waals surface area contributed by atoms with Gasteiger partial charge in [0.2, 0.25) is 11.8 Å². The lowest BCUT2D eigenvalue weighted by atomic mass is 10.1. The molecule has 0 unspecified atom stereocenters. The molecule has 0 spiro atoms. The van der Waals surface area contributed by atoms with Crippen LogP contribution in [-0.2, 0) is 29.1 Å². The maximum Gasteiger partial charge on any atom is 0.225 e. The number of hydrogen-bond acceptors (Lipinski definition) is 4. The van der Waals surface area contributed by atoms with Crippen molar-refractivity contribution in [2.24, 2.45) is 5.92 Å². The SMILES string of the molecule is C=CCN1C[C@H](C(=O)NCc2nnc3n2CCC3)CC1=O. The minimum Gasteiger partial charge on any atom is -0.348 e. The van der Waals surface area contributed by atoms with Crippen molar-refractivity contribution in [2.75, 3.05) is 13.1 Å². The van der Waals surface area contributed by atoms with Crippen LogP contribution in [0.25, 0.3) is 0 Å². The Hall–Kier alpha value is -2.18. The van der Waals surface area contributed by atoms with Crippen LogP contribution in [-0.4, -0.2) is 44.6 Å². The van der Waals surface area contributed by atoms with Crippen LogP contribution in [0.15, 0.2) is 12.7 Å². The first-order chi connectivity index (χ1) is 10.2. The van der Waals surface area contributed by atoms with Crippen molar-refractivity contribution >= 4 is 11.8 Å². The number of fused-ring (bicyclic) bond motifs is 1. The number of aromatic nitrogens is 3. The maximum atomic E-state index is 12.2. The Morgan fingerprint density at radius 2 is 2.33 bits per heavy atom. The highest BCUT2D eigenvalue weighted by Gasteiger charge is 2.33. The third-order valence-corrected chi connectivity index (χ3v) is 4.04. The summed E-state index contributed by atoms with van der Waals surface area (Å²) in [5, 5.41) is 11.1. The van der Waals surface area contributed by atoms with Crippen LogP contribution in [0.4, 0.5) is 0 Å². The molecule has 21 heavy (non-hydrogen) atoms. The zero-order chi connectivity index (χ0) is 14.8. The molecule has 7 heteroatoms. The molecule has 2 amide bonds. The smallest absolute Gasteiger partial charge is 0.225 e. The van der Waals surface area contributed by atoms with E-state index in [9.17, 15) is 9.59 Å². The highest BCUT2D eigenvalue weighted by molar-refractivity contribution is 5.89. The molecule has 0 saturated carbocycles. The van der Waals surface area contributed by atoms with E-state index in [1.54, 1.807) is 11.0 Å². The summed E-state index contributed by atoms with van der Waals surface area (Å²) in [6.45, 7) is 5.88. The lowest BCUT2D eigenvalue weighted by molar-refractivity contribution is -0.128. The average molecular weight is 289 g/mol. The number of rotatable bonds is 5. The third-order valence-electron chi connectivity index (χ3n) is 4.04. The fourth-order valence-electron chi connectivity index (χ4n) is 2.93. The van der Waals surface area contributed by atoms with E-state index < -0.39 is 0 Å². The van der Waals surface area contributed by atoms with Gasteiger partial charge in [0.05, 0.1) is 12.5 Å². The van der Waals surface area contributed by atoms with Gasteiger partial charge < -0.3 is 14.8 Å². The lowest BCUT2D eigenvalue weighted by Gasteiger charge is -2.14. The summed E-state index contributed by atoms with van der Waals surface area (Å²) < 4.78 is 2.06. The highest BCUT2D eigenvalue weighted by Crippen LogP contribution is 2.18. The van der Waals surface area contributed by atoms with Gasteiger partial charge in [-0.2, -0.15) is 0 Å². The van der Waals surface area contributed by atoms with Crippen molar-refractivity contribution in [3.05, 3.63) is 24.3 Å². The Balaban J connectivity index is 1.55. The first kappa shape index (κ1) is 13.8. The molecular formula is C14H19N5O2. The molecule has 1 aromatic heterocycles. The van der Waals surface area contributed by atoms with E-state index in [4.69, 9.17) is 0 Å². The number of likely N-dealkylation sites (tertiary alicyclic amines) is 1. The van der Waals surface area contributed by atoms with Crippen LogP contribution >= 0.6 is 0 Å². The second-order valence-corrected chi connectivity index (χ2v) is 5.49. The van der Waals surface area contributed by atoms with Gasteiger partial charge in [-0.15, -0.1) is 16.8 Å². The molecule has 1 N–H and O–H groups in total. The van der Waals surface area contributed by atoms with Crippen molar-refractivity contribution in [1.82, 2.24) is 25.0 Å². The topological polar surface area (TPSA) is 80.1 Å². The van der Waals surface area contributed by atoms with Crippen LogP contribution in [0.5, 0.6) is 0 Å². The molecule has 0 aromatic carbocycles. The Morgan fingerprint density at radius 1 is 1.48 bits per heavy atom. The van der Waals surface area contributed by atoms with Gasteiger partial charge in [0, 0.05) is 32.5 Å². The van der Waals surface area contributed by atoms with E-state index in [0.717, 1.165) is 31.0 Å². The van der Waals surface area contributed by atoms with Gasteiger partial charge in [-0.3, -0.25) is 9.59 Å². The van der Waals surface area contributed by atoms with Gasteiger partial charge in [-0.05, 0) is 6.42 Å². The van der Waals surface area contributed by atoms with E-state index in [1.807, 2.05) is 0 Å². The largest absolute Gasteiger partial charge is 0.348 e. The zero-order valence-electron chi connectivity index (χ0n) is 11.9. The van der Waals surface area contributed by atoms with Gasteiger partial charge in [0.15, 0.2) is 5.82 Å². The number of carbonyl (C=O) groups is 2. The van der Waals surface area contributed by atoms with Crippen LogP contribution in [0.1, 0.15) is 24.5 Å². The Kier molecular flexibility index (Phi) is 3.72. The molecule has 2 aliphatic heterocycles. The summed E-state index contributed by atoms with van der Waals surface area (Å²) in [7, 11) is 0. The van der Waals surface area contributed by atoms with Gasteiger partial charge in [-0.25, -0.2) is 0 Å². The number of nitrogens with one attached hydrogen (secondary N) is 1. The Bertz CT molecular complexity index is 580. The average Bonchev–Trinajstić information content (AvgIpc) is 3.14. The molecule has 2 aliphatic rings. The number of aryl methyl sites for hydroxylation is 1. The normalized spacial score (nSPS) is 20.7. The van der Waals surface area contributed by atoms with Gasteiger partial charge in [0.25, 0.3) is 0 Å². The zero-order valence-corrected chi connectivity index (χ0v) is 11.9. The second kappa shape index (κ2) is 5.67. The Morgan fingerprint density at radius 3 is 3.14 bits per heavy atom. The van der Waals surface area contributed by atoms with Crippen molar-refractivity contribution in [3.8, 4) is 0 Å². The molecule has 0 aliphatic carbocycles. The number of carbonyl (C=O) groups excluding carboxylic acids is 2. The molecule has 1 atom stereocenters.